The molecule has 0 fully saturated rings. The van der Waals surface area contributed by atoms with Gasteiger partial charge in [-0.3, -0.25) is 4.79 Å². The lowest BCUT2D eigenvalue weighted by molar-refractivity contribution is -0.117. The summed E-state index contributed by atoms with van der Waals surface area (Å²) in [5.74, 6) is 0.200. The van der Waals surface area contributed by atoms with Crippen LogP contribution in [0.25, 0.3) is 0 Å². The molecule has 0 spiro atoms. The van der Waals surface area contributed by atoms with Crippen LogP contribution in [0.2, 0.25) is 5.02 Å². The van der Waals surface area contributed by atoms with Crippen molar-refractivity contribution < 1.29 is 17.9 Å². The van der Waals surface area contributed by atoms with E-state index in [-0.39, 0.29) is 16.7 Å². The topological polar surface area (TPSA) is 63.7 Å². The van der Waals surface area contributed by atoms with Gasteiger partial charge in [-0.25, -0.2) is 12.7 Å². The lowest BCUT2D eigenvalue weighted by Crippen LogP contribution is -2.37. The fourth-order valence-electron chi connectivity index (χ4n) is 3.61. The van der Waals surface area contributed by atoms with E-state index in [1.165, 1.54) is 29.8 Å². The van der Waals surface area contributed by atoms with E-state index in [2.05, 4.69) is 20.8 Å². The van der Waals surface area contributed by atoms with Crippen LogP contribution in [0.5, 0.6) is 5.75 Å². The van der Waals surface area contributed by atoms with Gasteiger partial charge in [0.25, 0.3) is 10.0 Å². The number of hydrogen-bond donors (Lipinski definition) is 0. The minimum absolute atomic E-state index is 0.00587. The molecule has 0 saturated carbocycles. The van der Waals surface area contributed by atoms with Crippen molar-refractivity contribution in [2.24, 2.45) is 0 Å². The number of sulfonamides is 1. The lowest BCUT2D eigenvalue weighted by atomic mass is 9.87. The smallest absolute Gasteiger partial charge is 0.270 e. The monoisotopic (exact) mass is 513 g/mol. The van der Waals surface area contributed by atoms with E-state index >= 15 is 0 Å². The molecule has 0 aliphatic heterocycles. The molecule has 0 heterocycles. The van der Waals surface area contributed by atoms with Crippen LogP contribution < -0.4 is 9.04 Å². The summed E-state index contributed by atoms with van der Waals surface area (Å²) in [7, 11) is -4.13. The second kappa shape index (κ2) is 10.8. The summed E-state index contributed by atoms with van der Waals surface area (Å²) >= 11 is 5.94. The fraction of sp³-hybridized carbons (Fsp3) is 0.321. The van der Waals surface area contributed by atoms with Crippen LogP contribution in [0.4, 0.5) is 5.69 Å². The van der Waals surface area contributed by atoms with Crippen LogP contribution in [-0.4, -0.2) is 20.9 Å². The van der Waals surface area contributed by atoms with Crippen molar-refractivity contribution >= 4 is 33.2 Å². The Morgan fingerprint density at radius 1 is 0.943 bits per heavy atom. The molecule has 0 aromatic heterocycles. The zero-order chi connectivity index (χ0) is 25.8. The number of carbonyl (C=O) groups excluding carboxylic acids is 1. The molecule has 3 aromatic rings. The first-order valence-electron chi connectivity index (χ1n) is 11.5. The number of benzene rings is 3. The Kier molecular flexibility index (Phi) is 8.29. The van der Waals surface area contributed by atoms with E-state index in [1.807, 2.05) is 43.3 Å². The quantitative estimate of drug-likeness (QED) is 0.309. The second-order valence-corrected chi connectivity index (χ2v) is 11.9. The Morgan fingerprint density at radius 3 is 2.17 bits per heavy atom. The predicted molar refractivity (Wildman–Crippen MR) is 142 cm³/mol. The maximum atomic E-state index is 13.5. The van der Waals surface area contributed by atoms with E-state index in [0.717, 1.165) is 9.87 Å². The standard InChI is InChI=1S/C28H32ClNO4S/c1-20-8-9-21(2)26(19-20)30(35(32,33)25-16-12-23(29)13-17-25)27(31)7-6-18-34-24-14-10-22(11-15-24)28(3,4)5/h8-17,19H,6-7,18H2,1-5H3. The zero-order valence-corrected chi connectivity index (χ0v) is 22.4. The minimum Gasteiger partial charge on any atom is -0.494 e. The van der Waals surface area contributed by atoms with E-state index in [4.69, 9.17) is 16.3 Å². The first-order chi connectivity index (χ1) is 16.4. The third-order valence-electron chi connectivity index (χ3n) is 5.69. The van der Waals surface area contributed by atoms with Crippen LogP contribution in [0.3, 0.4) is 0 Å². The average molecular weight is 514 g/mol. The maximum Gasteiger partial charge on any atom is 0.270 e. The summed E-state index contributed by atoms with van der Waals surface area (Å²) in [5.41, 5.74) is 3.16. The van der Waals surface area contributed by atoms with Crippen LogP contribution >= 0.6 is 11.6 Å². The fourth-order valence-corrected chi connectivity index (χ4v) is 5.25. The van der Waals surface area contributed by atoms with Crippen LogP contribution in [0.1, 0.15) is 50.3 Å². The summed E-state index contributed by atoms with van der Waals surface area (Å²) in [5, 5.41) is 0.418. The molecular formula is C28H32ClNO4S. The first-order valence-corrected chi connectivity index (χ1v) is 13.4. The molecule has 5 nitrogen and oxygen atoms in total. The van der Waals surface area contributed by atoms with Gasteiger partial charge in [-0.2, -0.15) is 0 Å². The molecule has 186 valence electrons. The van der Waals surface area contributed by atoms with Crippen molar-refractivity contribution in [2.75, 3.05) is 10.9 Å². The number of anilines is 1. The normalized spacial score (nSPS) is 11.8. The second-order valence-electron chi connectivity index (χ2n) is 9.63. The Bertz CT molecular complexity index is 1280. The highest BCUT2D eigenvalue weighted by molar-refractivity contribution is 7.93. The summed E-state index contributed by atoms with van der Waals surface area (Å²) in [6.45, 7) is 10.4. The number of aryl methyl sites for hydroxylation is 2. The highest BCUT2D eigenvalue weighted by Gasteiger charge is 2.31. The van der Waals surface area contributed by atoms with E-state index in [9.17, 15) is 13.2 Å². The Hall–Kier alpha value is -2.83. The number of ether oxygens (including phenoxy) is 1. The molecule has 0 unspecified atom stereocenters. The number of carbonyl (C=O) groups is 1. The summed E-state index contributed by atoms with van der Waals surface area (Å²) in [6.07, 6.45) is 0.387. The number of amides is 1. The van der Waals surface area contributed by atoms with E-state index in [0.29, 0.717) is 35.1 Å². The molecule has 1 amide bonds. The molecule has 0 N–H and O–H groups in total. The highest BCUT2D eigenvalue weighted by Crippen LogP contribution is 2.30. The van der Waals surface area contributed by atoms with Gasteiger partial charge in [0.1, 0.15) is 5.75 Å². The molecule has 0 aliphatic rings. The average Bonchev–Trinajstić information content (AvgIpc) is 2.79. The molecule has 0 atom stereocenters. The molecule has 0 radical (unpaired) electrons. The van der Waals surface area contributed by atoms with Crippen molar-refractivity contribution in [3.8, 4) is 5.75 Å². The molecular weight excluding hydrogens is 482 g/mol. The van der Waals surface area contributed by atoms with Gasteiger partial charge in [0.15, 0.2) is 0 Å². The van der Waals surface area contributed by atoms with Gasteiger partial charge in [-0.1, -0.05) is 56.6 Å². The van der Waals surface area contributed by atoms with Gasteiger partial charge in [0, 0.05) is 11.4 Å². The molecule has 3 rings (SSSR count). The van der Waals surface area contributed by atoms with Gasteiger partial charge in [-0.05, 0) is 84.8 Å². The van der Waals surface area contributed by atoms with Crippen LogP contribution in [-0.2, 0) is 20.2 Å². The Balaban J connectivity index is 1.77. The van der Waals surface area contributed by atoms with Crippen molar-refractivity contribution in [3.05, 3.63) is 88.4 Å². The Labute approximate surface area is 213 Å². The number of rotatable bonds is 8. The van der Waals surface area contributed by atoms with Crippen molar-refractivity contribution in [3.63, 3.8) is 0 Å². The van der Waals surface area contributed by atoms with E-state index in [1.54, 1.807) is 13.0 Å². The zero-order valence-electron chi connectivity index (χ0n) is 20.8. The maximum absolute atomic E-state index is 13.5. The van der Waals surface area contributed by atoms with E-state index < -0.39 is 15.9 Å². The van der Waals surface area contributed by atoms with Gasteiger partial charge < -0.3 is 4.74 Å². The SMILES string of the molecule is Cc1ccc(C)c(N(C(=O)CCCOc2ccc(C(C)(C)C)cc2)S(=O)(=O)c2ccc(Cl)cc2)c1. The van der Waals surface area contributed by atoms with Crippen LogP contribution in [0.15, 0.2) is 71.6 Å². The Morgan fingerprint density at radius 2 is 1.57 bits per heavy atom. The lowest BCUT2D eigenvalue weighted by Gasteiger charge is -2.25. The van der Waals surface area contributed by atoms with Gasteiger partial charge in [0.2, 0.25) is 5.91 Å². The third kappa shape index (κ3) is 6.65. The summed E-state index contributed by atoms with van der Waals surface area (Å²) in [6, 6.07) is 19.1. The van der Waals surface area contributed by atoms with Crippen molar-refractivity contribution in [1.29, 1.82) is 0 Å². The highest BCUT2D eigenvalue weighted by atomic mass is 35.5. The molecule has 0 saturated heterocycles. The number of nitrogens with zero attached hydrogens (tertiary/aromatic N) is 1. The predicted octanol–water partition coefficient (Wildman–Crippen LogP) is 6.84. The summed E-state index contributed by atoms with van der Waals surface area (Å²) < 4.78 is 33.8. The largest absolute Gasteiger partial charge is 0.494 e. The van der Waals surface area contributed by atoms with Gasteiger partial charge in [-0.15, -0.1) is 0 Å². The molecule has 0 aliphatic carbocycles. The van der Waals surface area contributed by atoms with Crippen molar-refractivity contribution in [1.82, 2.24) is 0 Å². The first kappa shape index (κ1) is 26.8. The third-order valence-corrected chi connectivity index (χ3v) is 7.69. The van der Waals surface area contributed by atoms with Crippen LogP contribution in [0, 0.1) is 13.8 Å². The molecule has 0 bridgehead atoms. The van der Waals surface area contributed by atoms with Gasteiger partial charge >= 0.3 is 0 Å². The summed E-state index contributed by atoms with van der Waals surface area (Å²) in [4.78, 5) is 13.3. The number of halogens is 1. The molecule has 35 heavy (non-hydrogen) atoms. The van der Waals surface area contributed by atoms with Crippen molar-refractivity contribution in [2.45, 2.75) is 57.8 Å². The molecule has 7 heteroatoms. The number of hydrogen-bond acceptors (Lipinski definition) is 4. The van der Waals surface area contributed by atoms with Gasteiger partial charge in [0.05, 0.1) is 17.2 Å². The minimum atomic E-state index is -4.13. The molecule has 3 aromatic carbocycles.